The first-order valence-electron chi connectivity index (χ1n) is 12.7. The predicted molar refractivity (Wildman–Crippen MR) is 135 cm³/mol. The van der Waals surface area contributed by atoms with Gasteiger partial charge in [0.1, 0.15) is 18.3 Å². The maximum atomic E-state index is 13.6. The van der Waals surface area contributed by atoms with Crippen molar-refractivity contribution in [2.24, 2.45) is 5.92 Å². The highest BCUT2D eigenvalue weighted by molar-refractivity contribution is 7.53. The SMILES string of the molecule is CCOP(=O)(CC1[C@H]2O[C@@H]3O[C@H](C2O[Si](C)(C)C(C)(C)C)C(OCc2ccccc2)[C@H]1O3)OCC. The van der Waals surface area contributed by atoms with Crippen LogP contribution in [0.1, 0.15) is 40.2 Å². The van der Waals surface area contributed by atoms with Gasteiger partial charge in [-0.25, -0.2) is 0 Å². The molecule has 4 aliphatic rings. The van der Waals surface area contributed by atoms with E-state index in [0.29, 0.717) is 19.8 Å². The number of hydrogen-bond acceptors (Lipinski definition) is 8. The molecule has 1 aromatic rings. The van der Waals surface area contributed by atoms with Gasteiger partial charge in [0.25, 0.3) is 6.48 Å². The van der Waals surface area contributed by atoms with Gasteiger partial charge in [0.05, 0.1) is 38.2 Å². The number of hydrogen-bond donors (Lipinski definition) is 0. The zero-order chi connectivity index (χ0) is 25.4. The van der Waals surface area contributed by atoms with Crippen LogP contribution in [-0.2, 0) is 43.6 Å². The Balaban J connectivity index is 1.65. The fraction of sp³-hybridized carbons (Fsp3) is 0.760. The third-order valence-electron chi connectivity index (χ3n) is 7.55. The van der Waals surface area contributed by atoms with Gasteiger partial charge in [-0.3, -0.25) is 4.57 Å². The molecule has 1 aromatic carbocycles. The van der Waals surface area contributed by atoms with Crippen LogP contribution in [0.4, 0.5) is 0 Å². The molecule has 5 rings (SSSR count). The summed E-state index contributed by atoms with van der Waals surface area (Å²) in [5.74, 6) is -0.286. The van der Waals surface area contributed by atoms with Crippen LogP contribution < -0.4 is 0 Å². The summed E-state index contributed by atoms with van der Waals surface area (Å²) in [7, 11) is -5.55. The molecule has 3 heterocycles. The van der Waals surface area contributed by atoms with Crippen LogP contribution in [0.2, 0.25) is 18.1 Å². The van der Waals surface area contributed by atoms with Gasteiger partial charge >= 0.3 is 7.60 Å². The Bertz CT molecular complexity index is 881. The first-order valence-corrected chi connectivity index (χ1v) is 17.3. The van der Waals surface area contributed by atoms with Crippen molar-refractivity contribution in [3.05, 3.63) is 35.9 Å². The molecule has 4 bridgehead atoms. The average Bonchev–Trinajstić information content (AvgIpc) is 2.78. The summed E-state index contributed by atoms with van der Waals surface area (Å²) >= 11 is 0. The molecule has 7 atom stereocenters. The minimum Gasteiger partial charge on any atom is -0.408 e. The minimum atomic E-state index is -3.36. The molecule has 10 heteroatoms. The second-order valence-corrected chi connectivity index (χ2v) is 17.8. The van der Waals surface area contributed by atoms with E-state index in [2.05, 4.69) is 33.9 Å². The molecule has 1 saturated carbocycles. The molecule has 1 aliphatic carbocycles. The molecular formula is C25H41O8PSi. The van der Waals surface area contributed by atoms with Gasteiger partial charge in [-0.05, 0) is 37.5 Å². The van der Waals surface area contributed by atoms with Crippen molar-refractivity contribution >= 4 is 15.9 Å². The summed E-state index contributed by atoms with van der Waals surface area (Å²) in [4.78, 5) is 0. The summed E-state index contributed by atoms with van der Waals surface area (Å²) in [6.45, 7) is 14.9. The highest BCUT2D eigenvalue weighted by atomic mass is 31.2. The highest BCUT2D eigenvalue weighted by Gasteiger charge is 2.65. The lowest BCUT2D eigenvalue weighted by molar-refractivity contribution is -0.477. The van der Waals surface area contributed by atoms with Crippen molar-refractivity contribution < 1.29 is 37.0 Å². The molecule has 3 saturated heterocycles. The summed E-state index contributed by atoms with van der Waals surface area (Å²) in [6, 6.07) is 10.0. The van der Waals surface area contributed by atoms with Gasteiger partial charge in [-0.1, -0.05) is 51.1 Å². The molecule has 35 heavy (non-hydrogen) atoms. The summed E-state index contributed by atoms with van der Waals surface area (Å²) in [6.07, 6.45) is -1.65. The lowest BCUT2D eigenvalue weighted by Gasteiger charge is -2.60. The topological polar surface area (TPSA) is 81.7 Å². The van der Waals surface area contributed by atoms with Crippen LogP contribution in [0.5, 0.6) is 0 Å². The van der Waals surface area contributed by atoms with E-state index in [0.717, 1.165) is 5.56 Å². The maximum absolute atomic E-state index is 13.6. The monoisotopic (exact) mass is 528 g/mol. The lowest BCUT2D eigenvalue weighted by Crippen LogP contribution is -2.75. The van der Waals surface area contributed by atoms with Crippen molar-refractivity contribution in [1.82, 2.24) is 0 Å². The molecule has 0 N–H and O–H groups in total. The maximum Gasteiger partial charge on any atom is 0.331 e. The predicted octanol–water partition coefficient (Wildman–Crippen LogP) is 5.32. The molecule has 0 amide bonds. The van der Waals surface area contributed by atoms with E-state index in [4.69, 9.17) is 32.4 Å². The van der Waals surface area contributed by atoms with Crippen LogP contribution in [0, 0.1) is 5.92 Å². The molecule has 3 aliphatic heterocycles. The third kappa shape index (κ3) is 5.79. The number of rotatable bonds is 11. The van der Waals surface area contributed by atoms with Crippen molar-refractivity contribution in [3.63, 3.8) is 0 Å². The van der Waals surface area contributed by atoms with Crippen LogP contribution in [0.25, 0.3) is 0 Å². The van der Waals surface area contributed by atoms with Crippen LogP contribution in [-0.4, -0.2) is 64.7 Å². The van der Waals surface area contributed by atoms with Crippen LogP contribution in [0.3, 0.4) is 0 Å². The average molecular weight is 529 g/mol. The van der Waals surface area contributed by atoms with E-state index < -0.39 is 28.5 Å². The molecule has 0 radical (unpaired) electrons. The Morgan fingerprint density at radius 2 is 1.49 bits per heavy atom. The van der Waals surface area contributed by atoms with E-state index in [1.54, 1.807) is 0 Å². The van der Waals surface area contributed by atoms with Gasteiger partial charge in [0.2, 0.25) is 0 Å². The van der Waals surface area contributed by atoms with Gasteiger partial charge in [-0.2, -0.15) is 0 Å². The Morgan fingerprint density at radius 1 is 0.914 bits per heavy atom. The Morgan fingerprint density at radius 3 is 2.06 bits per heavy atom. The van der Waals surface area contributed by atoms with Crippen molar-refractivity contribution in [2.45, 2.75) is 96.4 Å². The smallest absolute Gasteiger partial charge is 0.331 e. The standard InChI is InChI=1S/C25H41O8PSi/c1-8-28-34(26,29-9-2)16-18-19-21(27-15-17-13-11-10-12-14-17)22-23(20(18)31-24(30-19)32-22)33-35(6,7)25(3,4)5/h10-14,18-24H,8-9,15-16H2,1-7H3/t18?,19-,20+,21?,22-,23?,24+/m0/s1. The van der Waals surface area contributed by atoms with E-state index in [-0.39, 0.29) is 41.5 Å². The Kier molecular flexibility index (Phi) is 8.33. The molecular weight excluding hydrogens is 487 g/mol. The van der Waals surface area contributed by atoms with Gasteiger partial charge in [0.15, 0.2) is 8.32 Å². The van der Waals surface area contributed by atoms with E-state index in [1.165, 1.54) is 0 Å². The zero-order valence-corrected chi connectivity index (χ0v) is 23.9. The molecule has 0 aromatic heterocycles. The van der Waals surface area contributed by atoms with Gasteiger partial charge in [0, 0.05) is 5.92 Å². The fourth-order valence-electron chi connectivity index (χ4n) is 4.84. The normalized spacial score (nSPS) is 32.8. The molecule has 3 unspecified atom stereocenters. The molecule has 0 spiro atoms. The fourth-order valence-corrected chi connectivity index (χ4v) is 8.14. The summed E-state index contributed by atoms with van der Waals surface area (Å²) < 4.78 is 56.7. The number of benzene rings is 1. The summed E-state index contributed by atoms with van der Waals surface area (Å²) in [5.41, 5.74) is 1.06. The molecule has 4 fully saturated rings. The first-order chi connectivity index (χ1) is 16.5. The van der Waals surface area contributed by atoms with Crippen LogP contribution >= 0.6 is 7.60 Å². The van der Waals surface area contributed by atoms with E-state index >= 15 is 0 Å². The summed E-state index contributed by atoms with van der Waals surface area (Å²) in [5, 5.41) is -0.0000112. The van der Waals surface area contributed by atoms with Crippen molar-refractivity contribution in [2.75, 3.05) is 19.4 Å². The van der Waals surface area contributed by atoms with Gasteiger partial charge < -0.3 is 32.4 Å². The van der Waals surface area contributed by atoms with Gasteiger partial charge in [-0.15, -0.1) is 0 Å². The Hall–Kier alpha value is -0.613. The highest BCUT2D eigenvalue weighted by Crippen LogP contribution is 2.56. The second-order valence-electron chi connectivity index (χ2n) is 11.0. The van der Waals surface area contributed by atoms with Crippen molar-refractivity contribution in [3.8, 4) is 0 Å². The molecule has 198 valence electrons. The van der Waals surface area contributed by atoms with E-state index in [1.807, 2.05) is 44.2 Å². The second kappa shape index (κ2) is 10.6. The minimum absolute atomic E-state index is 0.0000112. The van der Waals surface area contributed by atoms with Crippen LogP contribution in [0.15, 0.2) is 30.3 Å². The largest absolute Gasteiger partial charge is 0.408 e. The van der Waals surface area contributed by atoms with E-state index in [9.17, 15) is 4.57 Å². The van der Waals surface area contributed by atoms with Crippen molar-refractivity contribution in [1.29, 1.82) is 0 Å². The lowest BCUT2D eigenvalue weighted by atomic mass is 9.77. The Labute approximate surface area is 210 Å². The first kappa shape index (κ1) is 27.4. The number of ether oxygens (including phenoxy) is 4. The quantitative estimate of drug-likeness (QED) is 0.282. The zero-order valence-electron chi connectivity index (χ0n) is 22.0. The molecule has 8 nitrogen and oxygen atoms in total. The third-order valence-corrected chi connectivity index (χ3v) is 14.2.